The van der Waals surface area contributed by atoms with Gasteiger partial charge >= 0.3 is 12.1 Å². The van der Waals surface area contributed by atoms with Crippen LogP contribution in [0.5, 0.6) is 0 Å². The SMILES string of the molecule is O=C(N1CC(N2CCN(c3ncccn3)CC2)C1)C(F)(F)F. The molecule has 120 valence electrons. The van der Waals surface area contributed by atoms with Crippen LogP contribution in [0.15, 0.2) is 18.5 Å². The maximum Gasteiger partial charge on any atom is 0.471 e. The van der Waals surface area contributed by atoms with Crippen molar-refractivity contribution in [3.8, 4) is 0 Å². The van der Waals surface area contributed by atoms with Crippen LogP contribution in [0.25, 0.3) is 0 Å². The van der Waals surface area contributed by atoms with E-state index in [1.165, 1.54) is 0 Å². The van der Waals surface area contributed by atoms with E-state index < -0.39 is 12.1 Å². The van der Waals surface area contributed by atoms with Crippen LogP contribution in [-0.2, 0) is 4.79 Å². The zero-order valence-corrected chi connectivity index (χ0v) is 11.8. The van der Waals surface area contributed by atoms with Crippen molar-refractivity contribution in [1.29, 1.82) is 0 Å². The number of hydrogen-bond donors (Lipinski definition) is 0. The number of aromatic nitrogens is 2. The summed E-state index contributed by atoms with van der Waals surface area (Å²) in [5.41, 5.74) is 0. The second-order valence-electron chi connectivity index (χ2n) is 5.43. The summed E-state index contributed by atoms with van der Waals surface area (Å²) in [6, 6.07) is 1.77. The maximum atomic E-state index is 12.3. The average molecular weight is 315 g/mol. The minimum atomic E-state index is -4.77. The molecule has 2 aliphatic heterocycles. The Labute approximate surface area is 125 Å². The molecular weight excluding hydrogens is 299 g/mol. The normalized spacial score (nSPS) is 20.9. The van der Waals surface area contributed by atoms with Gasteiger partial charge in [0.2, 0.25) is 5.95 Å². The second-order valence-corrected chi connectivity index (χ2v) is 5.43. The largest absolute Gasteiger partial charge is 0.471 e. The van der Waals surface area contributed by atoms with Crippen LogP contribution in [0.4, 0.5) is 19.1 Å². The Morgan fingerprint density at radius 2 is 1.68 bits per heavy atom. The molecule has 1 aromatic heterocycles. The fourth-order valence-corrected chi connectivity index (χ4v) is 2.77. The predicted octanol–water partition coefficient (Wildman–Crippen LogP) is 0.372. The Morgan fingerprint density at radius 3 is 2.23 bits per heavy atom. The van der Waals surface area contributed by atoms with Crippen LogP contribution in [0.1, 0.15) is 0 Å². The van der Waals surface area contributed by atoms with Gasteiger partial charge in [0, 0.05) is 57.7 Å². The lowest BCUT2D eigenvalue weighted by Gasteiger charge is -2.48. The number of nitrogens with zero attached hydrogens (tertiary/aromatic N) is 5. The maximum absolute atomic E-state index is 12.3. The number of carbonyl (C=O) groups excluding carboxylic acids is 1. The number of rotatable bonds is 2. The number of amides is 1. The Morgan fingerprint density at radius 1 is 1.09 bits per heavy atom. The van der Waals surface area contributed by atoms with Gasteiger partial charge in [-0.3, -0.25) is 9.69 Å². The van der Waals surface area contributed by atoms with E-state index in [0.29, 0.717) is 5.95 Å². The van der Waals surface area contributed by atoms with Crippen LogP contribution in [0.3, 0.4) is 0 Å². The van der Waals surface area contributed by atoms with Crippen LogP contribution in [0, 0.1) is 0 Å². The van der Waals surface area contributed by atoms with Crippen molar-refractivity contribution < 1.29 is 18.0 Å². The van der Waals surface area contributed by atoms with E-state index in [-0.39, 0.29) is 19.1 Å². The van der Waals surface area contributed by atoms with Crippen molar-refractivity contribution in [2.75, 3.05) is 44.2 Å². The number of piperazine rings is 1. The van der Waals surface area contributed by atoms with Crippen LogP contribution < -0.4 is 4.90 Å². The lowest BCUT2D eigenvalue weighted by Crippen LogP contribution is -2.65. The summed E-state index contributed by atoms with van der Waals surface area (Å²) in [6.07, 6.45) is -1.41. The first-order valence-corrected chi connectivity index (χ1v) is 7.07. The van der Waals surface area contributed by atoms with E-state index in [2.05, 4.69) is 14.9 Å². The van der Waals surface area contributed by atoms with Crippen molar-refractivity contribution in [2.24, 2.45) is 0 Å². The smallest absolute Gasteiger partial charge is 0.338 e. The van der Waals surface area contributed by atoms with E-state index in [1.807, 2.05) is 4.90 Å². The summed E-state index contributed by atoms with van der Waals surface area (Å²) in [5, 5.41) is 0. The van der Waals surface area contributed by atoms with Crippen molar-refractivity contribution in [2.45, 2.75) is 12.2 Å². The van der Waals surface area contributed by atoms with Crippen molar-refractivity contribution >= 4 is 11.9 Å². The first-order valence-electron chi connectivity index (χ1n) is 7.07. The van der Waals surface area contributed by atoms with Gasteiger partial charge in [-0.05, 0) is 6.07 Å². The third-order valence-electron chi connectivity index (χ3n) is 4.06. The van der Waals surface area contributed by atoms with Gasteiger partial charge in [0.15, 0.2) is 0 Å². The summed E-state index contributed by atoms with van der Waals surface area (Å²) < 4.78 is 36.9. The zero-order valence-electron chi connectivity index (χ0n) is 11.8. The molecule has 0 radical (unpaired) electrons. The van der Waals surface area contributed by atoms with E-state index >= 15 is 0 Å². The van der Waals surface area contributed by atoms with Crippen molar-refractivity contribution in [3.05, 3.63) is 18.5 Å². The molecule has 0 aromatic carbocycles. The number of halogens is 3. The molecule has 0 atom stereocenters. The molecule has 2 saturated heterocycles. The highest BCUT2D eigenvalue weighted by Crippen LogP contribution is 2.25. The van der Waals surface area contributed by atoms with Gasteiger partial charge in [0.25, 0.3) is 0 Å². The molecule has 0 saturated carbocycles. The molecule has 9 heteroatoms. The summed E-state index contributed by atoms with van der Waals surface area (Å²) in [6.45, 7) is 3.23. The van der Waals surface area contributed by atoms with E-state index in [0.717, 1.165) is 31.1 Å². The molecule has 0 N–H and O–H groups in total. The van der Waals surface area contributed by atoms with Gasteiger partial charge in [0.1, 0.15) is 0 Å². The quantitative estimate of drug-likeness (QED) is 0.789. The monoisotopic (exact) mass is 315 g/mol. The standard InChI is InChI=1S/C13H16F3N5O/c14-13(15,16)11(22)21-8-10(9-21)19-4-6-20(7-5-19)12-17-2-1-3-18-12/h1-3,10H,4-9H2. The van der Waals surface area contributed by atoms with E-state index in [1.54, 1.807) is 18.5 Å². The third-order valence-corrected chi connectivity index (χ3v) is 4.06. The molecule has 2 fully saturated rings. The highest BCUT2D eigenvalue weighted by Gasteiger charge is 2.47. The van der Waals surface area contributed by atoms with Gasteiger partial charge in [-0.15, -0.1) is 0 Å². The highest BCUT2D eigenvalue weighted by atomic mass is 19.4. The van der Waals surface area contributed by atoms with Crippen molar-refractivity contribution in [3.63, 3.8) is 0 Å². The molecule has 0 unspecified atom stereocenters. The molecule has 0 aliphatic carbocycles. The number of alkyl halides is 3. The van der Waals surface area contributed by atoms with Crippen LogP contribution in [0.2, 0.25) is 0 Å². The Balaban J connectivity index is 1.47. The molecule has 1 amide bonds. The van der Waals surface area contributed by atoms with E-state index in [9.17, 15) is 18.0 Å². The lowest BCUT2D eigenvalue weighted by molar-refractivity contribution is -0.192. The second kappa shape index (κ2) is 5.71. The molecule has 3 heterocycles. The topological polar surface area (TPSA) is 52.6 Å². The summed E-state index contributed by atoms with van der Waals surface area (Å²) in [5.74, 6) is -1.07. The summed E-state index contributed by atoms with van der Waals surface area (Å²) >= 11 is 0. The molecule has 22 heavy (non-hydrogen) atoms. The Bertz CT molecular complexity index is 524. The zero-order chi connectivity index (χ0) is 15.7. The fraction of sp³-hybridized carbons (Fsp3) is 0.615. The minimum absolute atomic E-state index is 0.0186. The van der Waals surface area contributed by atoms with E-state index in [4.69, 9.17) is 0 Å². The molecule has 3 rings (SSSR count). The third kappa shape index (κ3) is 2.99. The number of carbonyl (C=O) groups is 1. The van der Waals surface area contributed by atoms with Gasteiger partial charge in [-0.25, -0.2) is 9.97 Å². The number of likely N-dealkylation sites (tertiary alicyclic amines) is 1. The molecular formula is C13H16F3N5O. The van der Waals surface area contributed by atoms with Crippen LogP contribution in [-0.4, -0.2) is 77.2 Å². The van der Waals surface area contributed by atoms with Gasteiger partial charge in [-0.1, -0.05) is 0 Å². The Hall–Kier alpha value is -1.90. The summed E-state index contributed by atoms with van der Waals surface area (Å²) in [7, 11) is 0. The lowest BCUT2D eigenvalue weighted by atomic mass is 10.1. The molecule has 1 aromatic rings. The number of hydrogen-bond acceptors (Lipinski definition) is 5. The van der Waals surface area contributed by atoms with Crippen molar-refractivity contribution in [1.82, 2.24) is 19.8 Å². The minimum Gasteiger partial charge on any atom is -0.338 e. The fourth-order valence-electron chi connectivity index (χ4n) is 2.77. The first kappa shape index (κ1) is 15.0. The van der Waals surface area contributed by atoms with Crippen LogP contribution >= 0.6 is 0 Å². The highest BCUT2D eigenvalue weighted by molar-refractivity contribution is 5.82. The molecule has 2 aliphatic rings. The molecule has 0 bridgehead atoms. The first-order chi connectivity index (χ1) is 10.4. The van der Waals surface area contributed by atoms with Gasteiger partial charge in [0.05, 0.1) is 0 Å². The summed E-state index contributed by atoms with van der Waals surface area (Å²) in [4.78, 5) is 24.5. The Kier molecular flexibility index (Phi) is 3.90. The average Bonchev–Trinajstić information content (AvgIpc) is 2.46. The van der Waals surface area contributed by atoms with Gasteiger partial charge in [-0.2, -0.15) is 13.2 Å². The predicted molar refractivity (Wildman–Crippen MR) is 72.2 cm³/mol. The number of anilines is 1. The molecule has 6 nitrogen and oxygen atoms in total. The van der Waals surface area contributed by atoms with Gasteiger partial charge < -0.3 is 9.80 Å². The molecule has 0 spiro atoms.